The van der Waals surface area contributed by atoms with Crippen molar-refractivity contribution in [2.24, 2.45) is 0 Å². The molecule has 0 radical (unpaired) electrons. The van der Waals surface area contributed by atoms with Crippen LogP contribution in [0.2, 0.25) is 0 Å². The van der Waals surface area contributed by atoms with Crippen LogP contribution in [0.1, 0.15) is 5.69 Å². The summed E-state index contributed by atoms with van der Waals surface area (Å²) >= 11 is 0. The largest absolute Gasteiger partial charge is 0.497 e. The first-order chi connectivity index (χ1) is 9.22. The maximum absolute atomic E-state index is 5.87. The van der Waals surface area contributed by atoms with Crippen molar-refractivity contribution < 1.29 is 14.2 Å². The lowest BCUT2D eigenvalue weighted by Gasteiger charge is -2.10. The molecule has 5 heteroatoms. The van der Waals surface area contributed by atoms with Gasteiger partial charge in [0.05, 0.1) is 25.6 Å². The molecule has 2 aromatic rings. The van der Waals surface area contributed by atoms with Gasteiger partial charge in [-0.1, -0.05) is 6.07 Å². The van der Waals surface area contributed by atoms with Gasteiger partial charge in [-0.05, 0) is 18.2 Å². The Labute approximate surface area is 111 Å². The number of anilines is 1. The maximum Gasteiger partial charge on any atom is 0.213 e. The normalized spacial score (nSPS) is 10.0. The van der Waals surface area contributed by atoms with Crippen LogP contribution in [-0.2, 0) is 6.61 Å². The van der Waals surface area contributed by atoms with Crippen molar-refractivity contribution >= 4 is 5.69 Å². The molecule has 0 bridgehead atoms. The molecular formula is C14H16N2O3. The highest BCUT2D eigenvalue weighted by Gasteiger charge is 2.04. The molecule has 5 nitrogen and oxygen atoms in total. The Kier molecular flexibility index (Phi) is 4.07. The van der Waals surface area contributed by atoms with E-state index in [1.54, 1.807) is 38.5 Å². The number of nitrogen functional groups attached to an aromatic ring is 1. The number of hydrogen-bond acceptors (Lipinski definition) is 5. The monoisotopic (exact) mass is 260 g/mol. The van der Waals surface area contributed by atoms with Crippen LogP contribution >= 0.6 is 0 Å². The van der Waals surface area contributed by atoms with E-state index >= 15 is 0 Å². The van der Waals surface area contributed by atoms with Crippen molar-refractivity contribution in [2.75, 3.05) is 20.0 Å². The molecule has 1 aromatic carbocycles. The second kappa shape index (κ2) is 5.95. The number of pyridine rings is 1. The van der Waals surface area contributed by atoms with Crippen LogP contribution in [-0.4, -0.2) is 19.2 Å². The van der Waals surface area contributed by atoms with Gasteiger partial charge in [-0.15, -0.1) is 0 Å². The van der Waals surface area contributed by atoms with Crippen molar-refractivity contribution in [2.45, 2.75) is 6.61 Å². The standard InChI is InChI=1S/C14H16N2O3/c1-17-11-6-7-13(12(15)8-11)19-9-10-4-3-5-14(16-10)18-2/h3-8H,9,15H2,1-2H3. The lowest BCUT2D eigenvalue weighted by atomic mass is 10.3. The zero-order chi connectivity index (χ0) is 13.7. The summed E-state index contributed by atoms with van der Waals surface area (Å²) in [5.74, 6) is 1.86. The van der Waals surface area contributed by atoms with E-state index < -0.39 is 0 Å². The Hall–Kier alpha value is -2.43. The molecule has 0 aliphatic carbocycles. The minimum absolute atomic E-state index is 0.327. The van der Waals surface area contributed by atoms with Crippen LogP contribution in [0.4, 0.5) is 5.69 Å². The minimum atomic E-state index is 0.327. The molecule has 1 heterocycles. The number of benzene rings is 1. The summed E-state index contributed by atoms with van der Waals surface area (Å²) in [6, 6.07) is 10.8. The molecule has 100 valence electrons. The minimum Gasteiger partial charge on any atom is -0.497 e. The molecule has 0 saturated carbocycles. The summed E-state index contributed by atoms with van der Waals surface area (Å²) in [4.78, 5) is 4.26. The van der Waals surface area contributed by atoms with E-state index in [4.69, 9.17) is 19.9 Å². The first kappa shape index (κ1) is 13.0. The number of hydrogen-bond donors (Lipinski definition) is 1. The van der Waals surface area contributed by atoms with Gasteiger partial charge in [0.25, 0.3) is 0 Å². The Morgan fingerprint density at radius 1 is 1.11 bits per heavy atom. The second-order valence-corrected chi connectivity index (χ2v) is 3.86. The molecule has 19 heavy (non-hydrogen) atoms. The van der Waals surface area contributed by atoms with Gasteiger partial charge in [0.2, 0.25) is 5.88 Å². The van der Waals surface area contributed by atoms with Gasteiger partial charge < -0.3 is 19.9 Å². The Balaban J connectivity index is 2.05. The lowest BCUT2D eigenvalue weighted by molar-refractivity contribution is 0.299. The van der Waals surface area contributed by atoms with E-state index in [-0.39, 0.29) is 0 Å². The topological polar surface area (TPSA) is 66.6 Å². The first-order valence-corrected chi connectivity index (χ1v) is 5.79. The molecule has 0 aliphatic heterocycles. The van der Waals surface area contributed by atoms with Crippen LogP contribution < -0.4 is 19.9 Å². The van der Waals surface area contributed by atoms with E-state index in [1.807, 2.05) is 12.1 Å². The van der Waals surface area contributed by atoms with E-state index in [0.29, 0.717) is 29.7 Å². The second-order valence-electron chi connectivity index (χ2n) is 3.86. The molecule has 0 aliphatic rings. The number of ether oxygens (including phenoxy) is 3. The molecule has 2 N–H and O–H groups in total. The zero-order valence-electron chi connectivity index (χ0n) is 10.9. The van der Waals surface area contributed by atoms with Crippen molar-refractivity contribution in [3.8, 4) is 17.4 Å². The summed E-state index contributed by atoms with van der Waals surface area (Å²) in [5, 5.41) is 0. The molecule has 0 atom stereocenters. The fraction of sp³-hybridized carbons (Fsp3) is 0.214. The number of rotatable bonds is 5. The SMILES string of the molecule is COc1ccc(OCc2cccc(OC)n2)c(N)c1. The number of aromatic nitrogens is 1. The van der Waals surface area contributed by atoms with Crippen LogP contribution in [0.5, 0.6) is 17.4 Å². The van der Waals surface area contributed by atoms with E-state index in [1.165, 1.54) is 0 Å². The summed E-state index contributed by atoms with van der Waals surface area (Å²) in [6.07, 6.45) is 0. The highest BCUT2D eigenvalue weighted by Crippen LogP contribution is 2.26. The van der Waals surface area contributed by atoms with Gasteiger partial charge in [0, 0.05) is 12.1 Å². The summed E-state index contributed by atoms with van der Waals surface area (Å²) in [5.41, 5.74) is 7.17. The summed E-state index contributed by atoms with van der Waals surface area (Å²) in [6.45, 7) is 0.327. The smallest absolute Gasteiger partial charge is 0.213 e. The highest BCUT2D eigenvalue weighted by molar-refractivity contribution is 5.56. The van der Waals surface area contributed by atoms with Gasteiger partial charge in [0.15, 0.2) is 0 Å². The van der Waals surface area contributed by atoms with Gasteiger partial charge in [-0.3, -0.25) is 0 Å². The predicted octanol–water partition coefficient (Wildman–Crippen LogP) is 2.26. The van der Waals surface area contributed by atoms with Crippen LogP contribution in [0.15, 0.2) is 36.4 Å². The average molecular weight is 260 g/mol. The molecule has 2 rings (SSSR count). The summed E-state index contributed by atoms with van der Waals surface area (Å²) < 4.78 is 15.8. The van der Waals surface area contributed by atoms with Crippen LogP contribution in [0.25, 0.3) is 0 Å². The third-order valence-corrected chi connectivity index (χ3v) is 2.58. The molecule has 0 amide bonds. The quantitative estimate of drug-likeness (QED) is 0.835. The van der Waals surface area contributed by atoms with Crippen LogP contribution in [0.3, 0.4) is 0 Å². The fourth-order valence-corrected chi connectivity index (χ4v) is 1.59. The Morgan fingerprint density at radius 3 is 2.63 bits per heavy atom. The number of nitrogens with zero attached hydrogens (tertiary/aromatic N) is 1. The van der Waals surface area contributed by atoms with E-state index in [9.17, 15) is 0 Å². The van der Waals surface area contributed by atoms with Crippen molar-refractivity contribution in [3.63, 3.8) is 0 Å². The predicted molar refractivity (Wildman–Crippen MR) is 72.5 cm³/mol. The molecule has 0 spiro atoms. The third-order valence-electron chi connectivity index (χ3n) is 2.58. The van der Waals surface area contributed by atoms with Crippen LogP contribution in [0, 0.1) is 0 Å². The molecule has 1 aromatic heterocycles. The van der Waals surface area contributed by atoms with Crippen molar-refractivity contribution in [1.29, 1.82) is 0 Å². The lowest BCUT2D eigenvalue weighted by Crippen LogP contribution is -2.01. The first-order valence-electron chi connectivity index (χ1n) is 5.79. The molecule has 0 saturated heterocycles. The highest BCUT2D eigenvalue weighted by atomic mass is 16.5. The third kappa shape index (κ3) is 3.28. The van der Waals surface area contributed by atoms with Crippen molar-refractivity contribution in [1.82, 2.24) is 4.98 Å². The summed E-state index contributed by atoms with van der Waals surface area (Å²) in [7, 11) is 3.17. The fourth-order valence-electron chi connectivity index (χ4n) is 1.59. The molecule has 0 unspecified atom stereocenters. The molecule has 0 fully saturated rings. The number of nitrogens with two attached hydrogens (primary N) is 1. The van der Waals surface area contributed by atoms with Crippen molar-refractivity contribution in [3.05, 3.63) is 42.1 Å². The number of methoxy groups -OCH3 is 2. The Morgan fingerprint density at radius 2 is 1.95 bits per heavy atom. The van der Waals surface area contributed by atoms with Gasteiger partial charge >= 0.3 is 0 Å². The molecular weight excluding hydrogens is 244 g/mol. The Bertz CT molecular complexity index is 558. The van der Waals surface area contributed by atoms with Gasteiger partial charge in [0.1, 0.15) is 18.1 Å². The van der Waals surface area contributed by atoms with E-state index in [2.05, 4.69) is 4.98 Å². The van der Waals surface area contributed by atoms with Gasteiger partial charge in [-0.2, -0.15) is 0 Å². The average Bonchev–Trinajstić information content (AvgIpc) is 2.46. The van der Waals surface area contributed by atoms with E-state index in [0.717, 1.165) is 5.69 Å². The van der Waals surface area contributed by atoms with Gasteiger partial charge in [-0.25, -0.2) is 4.98 Å². The zero-order valence-corrected chi connectivity index (χ0v) is 10.9. The maximum atomic E-state index is 5.87.